The van der Waals surface area contributed by atoms with Crippen molar-refractivity contribution in [2.75, 3.05) is 0 Å². The normalized spacial score (nSPS) is 12.1. The van der Waals surface area contributed by atoms with Gasteiger partial charge in [0.1, 0.15) is 16.7 Å². The summed E-state index contributed by atoms with van der Waals surface area (Å²) < 4.78 is 5.90. The highest BCUT2D eigenvalue weighted by Gasteiger charge is 2.13. The van der Waals surface area contributed by atoms with Gasteiger partial charge in [-0.3, -0.25) is 0 Å². The molecule has 1 heterocycles. The van der Waals surface area contributed by atoms with Crippen LogP contribution in [-0.4, -0.2) is 16.4 Å². The summed E-state index contributed by atoms with van der Waals surface area (Å²) in [5.74, 6) is 0.346. The monoisotopic (exact) mass is 356 g/mol. The van der Waals surface area contributed by atoms with Crippen molar-refractivity contribution in [1.82, 2.24) is 0 Å². The molecule has 0 spiro atoms. The second kappa shape index (κ2) is 7.17. The van der Waals surface area contributed by atoms with Crippen LogP contribution in [-0.2, 0) is 0 Å². The number of hydrogen-bond donors (Lipinski definition) is 2. The van der Waals surface area contributed by atoms with Crippen LogP contribution in [0.1, 0.15) is 5.56 Å². The first kappa shape index (κ1) is 16.6. The van der Waals surface area contributed by atoms with Gasteiger partial charge in [-0.15, -0.1) is 5.10 Å². The Kier molecular flexibility index (Phi) is 4.41. The molecule has 0 aliphatic heterocycles. The maximum atomic E-state index is 10.8. The molecule has 4 rings (SSSR count). The zero-order valence-corrected chi connectivity index (χ0v) is 14.3. The lowest BCUT2D eigenvalue weighted by Gasteiger charge is -2.07. The standard InChI is InChI=1S/C22H16N2O3/c25-18-12-6-4-10-16(18)14-23-24-20-17-11-5-7-13-19(17)27-22(21(20)26)15-8-2-1-3-9-15/h1-14,25-26H/b23-14+,24-20+. The molecule has 0 saturated carbocycles. The van der Waals surface area contributed by atoms with E-state index in [4.69, 9.17) is 4.42 Å². The van der Waals surface area contributed by atoms with E-state index in [1.165, 1.54) is 6.21 Å². The summed E-state index contributed by atoms with van der Waals surface area (Å²) in [6.45, 7) is 0. The second-order valence-electron chi connectivity index (χ2n) is 5.89. The molecule has 3 aromatic carbocycles. The third kappa shape index (κ3) is 3.30. The van der Waals surface area contributed by atoms with Crippen molar-refractivity contribution in [3.05, 3.63) is 89.8 Å². The Morgan fingerprint density at radius 1 is 0.778 bits per heavy atom. The summed E-state index contributed by atoms with van der Waals surface area (Å²) in [4.78, 5) is 0. The molecule has 5 nitrogen and oxygen atoms in total. The lowest BCUT2D eigenvalue weighted by atomic mass is 10.1. The predicted octanol–water partition coefficient (Wildman–Crippen LogP) is 4.45. The van der Waals surface area contributed by atoms with Crippen molar-refractivity contribution in [3.8, 4) is 22.8 Å². The lowest BCUT2D eigenvalue weighted by molar-refractivity contribution is 0.446. The van der Waals surface area contributed by atoms with Crippen LogP contribution in [0.5, 0.6) is 11.5 Å². The molecule has 0 amide bonds. The highest BCUT2D eigenvalue weighted by Crippen LogP contribution is 2.29. The number of phenols is 1. The van der Waals surface area contributed by atoms with Crippen molar-refractivity contribution in [2.45, 2.75) is 0 Å². The number of rotatable bonds is 3. The Bertz CT molecular complexity index is 1200. The van der Waals surface area contributed by atoms with Gasteiger partial charge in [0.05, 0.1) is 6.21 Å². The predicted molar refractivity (Wildman–Crippen MR) is 105 cm³/mol. The van der Waals surface area contributed by atoms with Crippen LogP contribution >= 0.6 is 0 Å². The van der Waals surface area contributed by atoms with Gasteiger partial charge in [0.15, 0.2) is 11.5 Å². The van der Waals surface area contributed by atoms with Crippen LogP contribution in [0.3, 0.4) is 0 Å². The maximum Gasteiger partial charge on any atom is 0.187 e. The molecule has 132 valence electrons. The van der Waals surface area contributed by atoms with Crippen LogP contribution in [0.4, 0.5) is 0 Å². The van der Waals surface area contributed by atoms with Crippen molar-refractivity contribution in [3.63, 3.8) is 0 Å². The third-order valence-corrected chi connectivity index (χ3v) is 4.12. The molecule has 27 heavy (non-hydrogen) atoms. The maximum absolute atomic E-state index is 10.8. The Balaban J connectivity index is 1.91. The van der Waals surface area contributed by atoms with E-state index in [9.17, 15) is 10.2 Å². The van der Waals surface area contributed by atoms with Crippen LogP contribution in [0.25, 0.3) is 22.3 Å². The van der Waals surface area contributed by atoms with Crippen LogP contribution in [0.2, 0.25) is 0 Å². The average molecular weight is 356 g/mol. The van der Waals surface area contributed by atoms with Gasteiger partial charge >= 0.3 is 0 Å². The third-order valence-electron chi connectivity index (χ3n) is 4.12. The molecule has 0 fully saturated rings. The van der Waals surface area contributed by atoms with E-state index in [1.807, 2.05) is 54.6 Å². The summed E-state index contributed by atoms with van der Waals surface area (Å²) in [5.41, 5.74) is 1.86. The van der Waals surface area contributed by atoms with E-state index >= 15 is 0 Å². The van der Waals surface area contributed by atoms with Gasteiger partial charge in [0.25, 0.3) is 0 Å². The number of nitrogens with zero attached hydrogens (tertiary/aromatic N) is 2. The molecule has 2 N–H and O–H groups in total. The van der Waals surface area contributed by atoms with Gasteiger partial charge < -0.3 is 14.6 Å². The quantitative estimate of drug-likeness (QED) is 0.421. The number of para-hydroxylation sites is 2. The van der Waals surface area contributed by atoms with E-state index in [2.05, 4.69) is 10.2 Å². The molecule has 0 atom stereocenters. The molecule has 0 aliphatic rings. The van der Waals surface area contributed by atoms with E-state index < -0.39 is 0 Å². The zero-order valence-electron chi connectivity index (χ0n) is 14.3. The molecular weight excluding hydrogens is 340 g/mol. The highest BCUT2D eigenvalue weighted by atomic mass is 16.4. The molecular formula is C22H16N2O3. The Hall–Kier alpha value is -3.86. The van der Waals surface area contributed by atoms with Gasteiger partial charge in [0, 0.05) is 16.5 Å². The van der Waals surface area contributed by atoms with E-state index in [0.29, 0.717) is 27.7 Å². The van der Waals surface area contributed by atoms with Gasteiger partial charge in [0.2, 0.25) is 0 Å². The summed E-state index contributed by atoms with van der Waals surface area (Å²) in [7, 11) is 0. The van der Waals surface area contributed by atoms with E-state index in [0.717, 1.165) is 5.56 Å². The average Bonchev–Trinajstić information content (AvgIpc) is 2.71. The number of phenolic OH excluding ortho intramolecular Hbond substituents is 1. The smallest absolute Gasteiger partial charge is 0.187 e. The Morgan fingerprint density at radius 2 is 1.48 bits per heavy atom. The topological polar surface area (TPSA) is 78.3 Å². The Morgan fingerprint density at radius 3 is 2.30 bits per heavy atom. The molecule has 0 bridgehead atoms. The molecule has 0 radical (unpaired) electrons. The number of aromatic hydroxyl groups is 2. The fraction of sp³-hybridized carbons (Fsp3) is 0. The van der Waals surface area contributed by atoms with Crippen LogP contribution in [0.15, 0.2) is 93.5 Å². The van der Waals surface area contributed by atoms with Crippen molar-refractivity contribution >= 4 is 17.2 Å². The molecule has 0 saturated heterocycles. The largest absolute Gasteiger partial charge is 0.507 e. The first-order valence-electron chi connectivity index (χ1n) is 8.39. The van der Waals surface area contributed by atoms with Gasteiger partial charge in [-0.2, -0.15) is 5.10 Å². The van der Waals surface area contributed by atoms with Crippen LogP contribution in [0, 0.1) is 0 Å². The number of hydrogen-bond acceptors (Lipinski definition) is 5. The zero-order chi connectivity index (χ0) is 18.6. The highest BCUT2D eigenvalue weighted by molar-refractivity contribution is 5.84. The van der Waals surface area contributed by atoms with Gasteiger partial charge in [-0.25, -0.2) is 0 Å². The Labute approximate surface area is 155 Å². The summed E-state index contributed by atoms with van der Waals surface area (Å²) in [5, 5.41) is 29.8. The molecule has 0 aliphatic carbocycles. The molecule has 5 heteroatoms. The van der Waals surface area contributed by atoms with E-state index in [1.54, 1.807) is 24.3 Å². The summed E-state index contributed by atoms with van der Waals surface area (Å²) in [6.07, 6.45) is 1.44. The summed E-state index contributed by atoms with van der Waals surface area (Å²) in [6, 6.07) is 23.5. The van der Waals surface area contributed by atoms with Gasteiger partial charge in [-0.05, 0) is 24.3 Å². The minimum atomic E-state index is -0.0886. The van der Waals surface area contributed by atoms with Crippen molar-refractivity contribution < 1.29 is 14.6 Å². The SMILES string of the molecule is Oc1ccccc1/C=N/N=c1/c(O)c(-c2ccccc2)oc2ccccc12. The van der Waals surface area contributed by atoms with Crippen molar-refractivity contribution in [1.29, 1.82) is 0 Å². The number of benzene rings is 3. The van der Waals surface area contributed by atoms with Gasteiger partial charge in [-0.1, -0.05) is 54.6 Å². The minimum Gasteiger partial charge on any atom is -0.507 e. The van der Waals surface area contributed by atoms with Crippen LogP contribution < -0.4 is 5.36 Å². The molecule has 1 aromatic heterocycles. The fourth-order valence-corrected chi connectivity index (χ4v) is 2.78. The summed E-state index contributed by atoms with van der Waals surface area (Å²) >= 11 is 0. The first-order chi connectivity index (χ1) is 13.2. The first-order valence-corrected chi connectivity index (χ1v) is 8.39. The molecule has 0 unspecified atom stereocenters. The lowest BCUT2D eigenvalue weighted by Crippen LogP contribution is -2.05. The van der Waals surface area contributed by atoms with Crippen molar-refractivity contribution in [2.24, 2.45) is 10.2 Å². The fourth-order valence-electron chi connectivity index (χ4n) is 2.78. The van der Waals surface area contributed by atoms with E-state index in [-0.39, 0.29) is 11.5 Å². The minimum absolute atomic E-state index is 0.0886. The number of fused-ring (bicyclic) bond motifs is 1. The molecule has 4 aromatic rings. The second-order valence-corrected chi connectivity index (χ2v) is 5.89.